The van der Waals surface area contributed by atoms with Crippen LogP contribution < -0.4 is 4.74 Å². The van der Waals surface area contributed by atoms with Gasteiger partial charge in [0.1, 0.15) is 12.4 Å². The number of carbonyl (C=O) groups is 1. The van der Waals surface area contributed by atoms with Crippen LogP contribution in [-0.4, -0.2) is 37.1 Å². The van der Waals surface area contributed by atoms with Crippen LogP contribution in [-0.2, 0) is 11.3 Å². The Hall–Kier alpha value is -2.33. The minimum absolute atomic E-state index is 0.0689. The lowest BCUT2D eigenvalue weighted by molar-refractivity contribution is 0.0303. The Labute approximate surface area is 136 Å². The van der Waals surface area contributed by atoms with E-state index in [-0.39, 0.29) is 5.91 Å². The number of ether oxygens (including phenoxy) is 2. The van der Waals surface area contributed by atoms with Crippen LogP contribution in [0.5, 0.6) is 5.75 Å². The zero-order chi connectivity index (χ0) is 16.1. The molecule has 0 spiro atoms. The van der Waals surface area contributed by atoms with E-state index in [2.05, 4.69) is 0 Å². The van der Waals surface area contributed by atoms with E-state index in [1.807, 2.05) is 60.4 Å². The van der Waals surface area contributed by atoms with Crippen LogP contribution >= 0.6 is 0 Å². The van der Waals surface area contributed by atoms with Crippen LogP contribution in [0.3, 0.4) is 0 Å². The van der Waals surface area contributed by atoms with Crippen molar-refractivity contribution < 1.29 is 14.3 Å². The molecule has 0 aromatic heterocycles. The van der Waals surface area contributed by atoms with Crippen molar-refractivity contribution in [2.45, 2.75) is 13.5 Å². The summed E-state index contributed by atoms with van der Waals surface area (Å²) in [4.78, 5) is 14.2. The van der Waals surface area contributed by atoms with Crippen molar-refractivity contribution in [3.8, 4) is 5.75 Å². The van der Waals surface area contributed by atoms with Gasteiger partial charge in [-0.2, -0.15) is 0 Å². The van der Waals surface area contributed by atoms with E-state index in [0.717, 1.165) is 11.3 Å². The number of morpholine rings is 1. The number of hydrogen-bond donors (Lipinski definition) is 0. The Kier molecular flexibility index (Phi) is 4.93. The molecule has 4 heteroatoms. The predicted octanol–water partition coefficient (Wildman–Crippen LogP) is 3.05. The highest BCUT2D eigenvalue weighted by molar-refractivity contribution is 5.94. The maximum Gasteiger partial charge on any atom is 0.254 e. The average Bonchev–Trinajstić information content (AvgIpc) is 2.61. The molecule has 0 aliphatic carbocycles. The van der Waals surface area contributed by atoms with Crippen molar-refractivity contribution in [1.82, 2.24) is 4.90 Å². The van der Waals surface area contributed by atoms with Gasteiger partial charge in [0.05, 0.1) is 13.2 Å². The van der Waals surface area contributed by atoms with E-state index in [1.165, 1.54) is 5.56 Å². The third kappa shape index (κ3) is 4.11. The van der Waals surface area contributed by atoms with E-state index < -0.39 is 0 Å². The van der Waals surface area contributed by atoms with Gasteiger partial charge in [0.15, 0.2) is 0 Å². The zero-order valence-electron chi connectivity index (χ0n) is 13.3. The molecule has 1 saturated heterocycles. The Morgan fingerprint density at radius 1 is 1.13 bits per heavy atom. The van der Waals surface area contributed by atoms with Crippen LogP contribution in [0.15, 0.2) is 48.5 Å². The fraction of sp³-hybridized carbons (Fsp3) is 0.316. The third-order valence-corrected chi connectivity index (χ3v) is 3.89. The monoisotopic (exact) mass is 311 g/mol. The Morgan fingerprint density at radius 2 is 1.87 bits per heavy atom. The van der Waals surface area contributed by atoms with Gasteiger partial charge in [0.2, 0.25) is 0 Å². The highest BCUT2D eigenvalue weighted by Gasteiger charge is 2.18. The lowest BCUT2D eigenvalue weighted by Gasteiger charge is -2.26. The van der Waals surface area contributed by atoms with E-state index in [0.29, 0.717) is 38.5 Å². The van der Waals surface area contributed by atoms with Crippen LogP contribution in [0.2, 0.25) is 0 Å². The standard InChI is InChI=1S/C19H21NO3/c1-15-3-2-4-18(13-15)23-14-16-5-7-17(8-6-16)19(21)20-9-11-22-12-10-20/h2-8,13H,9-12,14H2,1H3. The van der Waals surface area contributed by atoms with Crippen molar-refractivity contribution >= 4 is 5.91 Å². The fourth-order valence-corrected chi connectivity index (χ4v) is 2.56. The predicted molar refractivity (Wildman–Crippen MR) is 88.7 cm³/mol. The number of carbonyl (C=O) groups excluding carboxylic acids is 1. The fourth-order valence-electron chi connectivity index (χ4n) is 2.56. The first-order chi connectivity index (χ1) is 11.2. The summed E-state index contributed by atoms with van der Waals surface area (Å²) in [5.41, 5.74) is 2.94. The van der Waals surface area contributed by atoms with E-state index in [4.69, 9.17) is 9.47 Å². The number of hydrogen-bond acceptors (Lipinski definition) is 3. The number of benzene rings is 2. The van der Waals surface area contributed by atoms with E-state index >= 15 is 0 Å². The molecule has 2 aromatic rings. The van der Waals surface area contributed by atoms with Gasteiger partial charge < -0.3 is 14.4 Å². The van der Waals surface area contributed by atoms with Gasteiger partial charge in [-0.25, -0.2) is 0 Å². The molecule has 0 radical (unpaired) electrons. The highest BCUT2D eigenvalue weighted by Crippen LogP contribution is 2.15. The van der Waals surface area contributed by atoms with Crippen LogP contribution in [0.4, 0.5) is 0 Å². The Morgan fingerprint density at radius 3 is 2.57 bits per heavy atom. The first-order valence-electron chi connectivity index (χ1n) is 7.88. The Bertz CT molecular complexity index is 661. The molecule has 0 bridgehead atoms. The van der Waals surface area contributed by atoms with Gasteiger partial charge >= 0.3 is 0 Å². The van der Waals surface area contributed by atoms with Gasteiger partial charge in [-0.1, -0.05) is 24.3 Å². The van der Waals surface area contributed by atoms with Gasteiger partial charge in [-0.05, 0) is 42.3 Å². The van der Waals surface area contributed by atoms with Crippen molar-refractivity contribution in [1.29, 1.82) is 0 Å². The summed E-state index contributed by atoms with van der Waals surface area (Å²) in [5, 5.41) is 0. The molecule has 2 aromatic carbocycles. The first-order valence-corrected chi connectivity index (χ1v) is 7.88. The number of nitrogens with zero attached hydrogens (tertiary/aromatic N) is 1. The molecule has 0 unspecified atom stereocenters. The molecule has 4 nitrogen and oxygen atoms in total. The maximum absolute atomic E-state index is 12.4. The average molecular weight is 311 g/mol. The van der Waals surface area contributed by atoms with Crippen LogP contribution in [0.25, 0.3) is 0 Å². The first kappa shape index (κ1) is 15.6. The second kappa shape index (κ2) is 7.29. The minimum atomic E-state index is 0.0689. The molecule has 23 heavy (non-hydrogen) atoms. The second-order valence-corrected chi connectivity index (χ2v) is 5.71. The molecule has 1 fully saturated rings. The van der Waals surface area contributed by atoms with Gasteiger partial charge in [0, 0.05) is 18.7 Å². The summed E-state index contributed by atoms with van der Waals surface area (Å²) >= 11 is 0. The summed E-state index contributed by atoms with van der Waals surface area (Å²) in [6, 6.07) is 15.6. The van der Waals surface area contributed by atoms with Crippen molar-refractivity contribution in [2.24, 2.45) is 0 Å². The quantitative estimate of drug-likeness (QED) is 0.871. The number of aryl methyl sites for hydroxylation is 1. The molecule has 3 rings (SSSR count). The SMILES string of the molecule is Cc1cccc(OCc2ccc(C(=O)N3CCOCC3)cc2)c1. The molecule has 1 amide bonds. The largest absolute Gasteiger partial charge is 0.489 e. The topological polar surface area (TPSA) is 38.8 Å². The molecule has 1 aliphatic heterocycles. The Balaban J connectivity index is 1.59. The van der Waals surface area contributed by atoms with E-state index in [9.17, 15) is 4.79 Å². The molecular formula is C19H21NO3. The molecule has 0 atom stereocenters. The maximum atomic E-state index is 12.4. The van der Waals surface area contributed by atoms with Gasteiger partial charge in [-0.15, -0.1) is 0 Å². The lowest BCUT2D eigenvalue weighted by atomic mass is 10.1. The summed E-state index contributed by atoms with van der Waals surface area (Å²) in [5.74, 6) is 0.929. The normalized spacial score (nSPS) is 14.6. The van der Waals surface area contributed by atoms with Crippen molar-refractivity contribution in [2.75, 3.05) is 26.3 Å². The minimum Gasteiger partial charge on any atom is -0.489 e. The number of rotatable bonds is 4. The van der Waals surface area contributed by atoms with Gasteiger partial charge in [0.25, 0.3) is 5.91 Å². The summed E-state index contributed by atoms with van der Waals surface area (Å²) in [7, 11) is 0. The zero-order valence-corrected chi connectivity index (χ0v) is 13.3. The van der Waals surface area contributed by atoms with E-state index in [1.54, 1.807) is 0 Å². The highest BCUT2D eigenvalue weighted by atomic mass is 16.5. The summed E-state index contributed by atoms with van der Waals surface area (Å²) < 4.78 is 11.1. The summed E-state index contributed by atoms with van der Waals surface area (Å²) in [6.07, 6.45) is 0. The smallest absolute Gasteiger partial charge is 0.254 e. The summed E-state index contributed by atoms with van der Waals surface area (Å²) in [6.45, 7) is 5.10. The molecule has 0 N–H and O–H groups in total. The third-order valence-electron chi connectivity index (χ3n) is 3.89. The van der Waals surface area contributed by atoms with Crippen molar-refractivity contribution in [3.63, 3.8) is 0 Å². The lowest BCUT2D eigenvalue weighted by Crippen LogP contribution is -2.40. The number of amides is 1. The molecule has 1 aliphatic rings. The van der Waals surface area contributed by atoms with Gasteiger partial charge in [-0.3, -0.25) is 4.79 Å². The molecule has 1 heterocycles. The van der Waals surface area contributed by atoms with Crippen LogP contribution in [0, 0.1) is 6.92 Å². The molecule has 0 saturated carbocycles. The van der Waals surface area contributed by atoms with Crippen LogP contribution in [0.1, 0.15) is 21.5 Å². The molecule has 120 valence electrons. The van der Waals surface area contributed by atoms with Crippen molar-refractivity contribution in [3.05, 3.63) is 65.2 Å². The molecular weight excluding hydrogens is 290 g/mol. The second-order valence-electron chi connectivity index (χ2n) is 5.71.